The van der Waals surface area contributed by atoms with Gasteiger partial charge in [0.05, 0.1) is 42.2 Å². The number of esters is 1. The van der Waals surface area contributed by atoms with Crippen molar-refractivity contribution in [3.63, 3.8) is 0 Å². The first-order valence-electron chi connectivity index (χ1n) is 10.9. The van der Waals surface area contributed by atoms with Gasteiger partial charge >= 0.3 is 5.97 Å². The second kappa shape index (κ2) is 10.8. The molecule has 3 aromatic rings. The highest BCUT2D eigenvalue weighted by molar-refractivity contribution is 14.1. The average molecular weight is 716 g/mol. The summed E-state index contributed by atoms with van der Waals surface area (Å²) in [5.41, 5.74) is 2.15. The number of benzene rings is 2. The van der Waals surface area contributed by atoms with E-state index < -0.39 is 12.0 Å². The molecule has 0 bridgehead atoms. The third kappa shape index (κ3) is 5.19. The maximum Gasteiger partial charge on any atom is 0.338 e. The third-order valence-corrected chi connectivity index (χ3v) is 7.99. The van der Waals surface area contributed by atoms with Crippen LogP contribution in [0.15, 0.2) is 57.5 Å². The average Bonchev–Trinajstić information content (AvgIpc) is 3.11. The fourth-order valence-electron chi connectivity index (χ4n) is 3.84. The van der Waals surface area contributed by atoms with E-state index in [1.807, 2.05) is 43.3 Å². The summed E-state index contributed by atoms with van der Waals surface area (Å²) in [5, 5.41) is 10.1. The monoisotopic (exact) mass is 716 g/mol. The lowest BCUT2D eigenvalue weighted by Gasteiger charge is -2.24. The highest BCUT2D eigenvalue weighted by Crippen LogP contribution is 2.32. The molecule has 1 atom stereocenters. The quantitative estimate of drug-likeness (QED) is 0.307. The van der Waals surface area contributed by atoms with Crippen LogP contribution in [-0.2, 0) is 9.53 Å². The number of hydrogen-bond acceptors (Lipinski definition) is 7. The number of allylic oxidation sites excluding steroid dienone is 1. The van der Waals surface area contributed by atoms with Gasteiger partial charge < -0.3 is 14.6 Å². The summed E-state index contributed by atoms with van der Waals surface area (Å²) in [5.74, 6) is 0.429. The van der Waals surface area contributed by atoms with Crippen molar-refractivity contribution in [3.05, 3.63) is 85.6 Å². The van der Waals surface area contributed by atoms with Crippen molar-refractivity contribution in [1.82, 2.24) is 4.57 Å². The van der Waals surface area contributed by atoms with E-state index in [2.05, 4.69) is 50.2 Å². The van der Waals surface area contributed by atoms with Crippen LogP contribution < -0.4 is 19.6 Å². The number of halogens is 2. The number of aromatic nitrogens is 1. The molecule has 1 aliphatic rings. The molecule has 182 valence electrons. The first kappa shape index (κ1) is 25.9. The van der Waals surface area contributed by atoms with Crippen LogP contribution in [0.2, 0.25) is 0 Å². The molecule has 1 N–H and O–H groups in total. The molecule has 35 heavy (non-hydrogen) atoms. The lowest BCUT2D eigenvalue weighted by Crippen LogP contribution is -2.39. The number of carbonyl (C=O) groups is 1. The fourth-order valence-corrected chi connectivity index (χ4v) is 6.70. The topological polar surface area (TPSA) is 90.1 Å². The van der Waals surface area contributed by atoms with E-state index in [1.165, 1.54) is 11.3 Å². The maximum absolute atomic E-state index is 13.7. The van der Waals surface area contributed by atoms with Crippen LogP contribution in [0.4, 0.5) is 0 Å². The van der Waals surface area contributed by atoms with Gasteiger partial charge in [0.2, 0.25) is 0 Å². The first-order valence-corrected chi connectivity index (χ1v) is 13.8. The zero-order chi connectivity index (χ0) is 25.3. The molecule has 2 heterocycles. The molecular formula is C25H22I2N2O5S. The number of rotatable bonds is 6. The standard InChI is InChI=1S/C25H22I2N2O5S/c1-4-33-16-8-6-15(7-9-16)21-20(24(32)34-5-2)13(3)28-25-29(21)23(31)19(35-25)12-14-10-17(26)22(30)18(27)11-14/h6-12,21,30H,4-5H2,1-3H3/b19-12-/t21-/m1/s1. The molecule has 0 spiro atoms. The third-order valence-electron chi connectivity index (χ3n) is 5.36. The normalized spacial score (nSPS) is 15.6. The Kier molecular flexibility index (Phi) is 8.01. The second-order valence-corrected chi connectivity index (χ2v) is 11.0. The Balaban J connectivity index is 1.92. The molecule has 1 aromatic heterocycles. The van der Waals surface area contributed by atoms with E-state index in [-0.39, 0.29) is 17.9 Å². The van der Waals surface area contributed by atoms with Crippen molar-refractivity contribution >= 4 is 68.6 Å². The molecule has 0 radical (unpaired) electrons. The molecule has 0 aliphatic carbocycles. The predicted molar refractivity (Wildman–Crippen MR) is 152 cm³/mol. The molecule has 1 aliphatic heterocycles. The molecule has 0 fully saturated rings. The van der Waals surface area contributed by atoms with Gasteiger partial charge in [-0.25, -0.2) is 9.79 Å². The van der Waals surface area contributed by atoms with Gasteiger partial charge in [0, 0.05) is 0 Å². The second-order valence-electron chi connectivity index (χ2n) is 7.64. The predicted octanol–water partition coefficient (Wildman–Crippen LogP) is 4.11. The van der Waals surface area contributed by atoms with Gasteiger partial charge in [-0.3, -0.25) is 9.36 Å². The molecule has 10 heteroatoms. The largest absolute Gasteiger partial charge is 0.506 e. The molecule has 0 saturated carbocycles. The Bertz CT molecular complexity index is 1480. The number of thiazole rings is 1. The Labute approximate surface area is 233 Å². The fraction of sp³-hybridized carbons (Fsp3) is 0.240. The molecular weight excluding hydrogens is 694 g/mol. The van der Waals surface area contributed by atoms with Crippen LogP contribution in [0.3, 0.4) is 0 Å². The van der Waals surface area contributed by atoms with Gasteiger partial charge in [-0.1, -0.05) is 23.5 Å². The van der Waals surface area contributed by atoms with Crippen LogP contribution in [0, 0.1) is 7.14 Å². The van der Waals surface area contributed by atoms with E-state index in [4.69, 9.17) is 9.47 Å². The summed E-state index contributed by atoms with van der Waals surface area (Å²) in [4.78, 5) is 31.8. The summed E-state index contributed by atoms with van der Waals surface area (Å²) in [6.07, 6.45) is 1.78. The molecule has 0 saturated heterocycles. The van der Waals surface area contributed by atoms with Gasteiger partial charge in [-0.05, 0) is 107 Å². The lowest BCUT2D eigenvalue weighted by atomic mass is 9.96. The number of phenolic OH excluding ortho intramolecular Hbond substituents is 1. The minimum absolute atomic E-state index is 0.216. The van der Waals surface area contributed by atoms with E-state index in [0.29, 0.717) is 40.1 Å². The number of aromatic hydroxyl groups is 1. The summed E-state index contributed by atoms with van der Waals surface area (Å²) in [6.45, 7) is 6.17. The first-order chi connectivity index (χ1) is 16.7. The number of fused-ring (bicyclic) bond motifs is 1. The van der Waals surface area contributed by atoms with Crippen molar-refractivity contribution in [2.24, 2.45) is 4.99 Å². The summed E-state index contributed by atoms with van der Waals surface area (Å²) < 4.78 is 14.3. The van der Waals surface area contributed by atoms with E-state index in [1.54, 1.807) is 24.5 Å². The van der Waals surface area contributed by atoms with Gasteiger partial charge in [0.25, 0.3) is 5.56 Å². The Morgan fingerprint density at radius 3 is 2.43 bits per heavy atom. The summed E-state index contributed by atoms with van der Waals surface area (Å²) >= 11 is 5.39. The van der Waals surface area contributed by atoms with Gasteiger partial charge in [-0.15, -0.1) is 0 Å². The smallest absolute Gasteiger partial charge is 0.338 e. The summed E-state index contributed by atoms with van der Waals surface area (Å²) in [7, 11) is 0. The van der Waals surface area contributed by atoms with Crippen molar-refractivity contribution in [1.29, 1.82) is 0 Å². The number of carbonyl (C=O) groups excluding carboxylic acids is 1. The van der Waals surface area contributed by atoms with Gasteiger partial charge in [0.1, 0.15) is 11.5 Å². The number of phenols is 1. The minimum Gasteiger partial charge on any atom is -0.506 e. The molecule has 2 aromatic carbocycles. The maximum atomic E-state index is 13.7. The van der Waals surface area contributed by atoms with Crippen LogP contribution in [0.1, 0.15) is 37.9 Å². The number of nitrogens with zero attached hydrogens (tertiary/aromatic N) is 2. The molecule has 0 unspecified atom stereocenters. The molecule has 4 rings (SSSR count). The number of ether oxygens (including phenoxy) is 2. The Hall–Kier alpha value is -2.19. The van der Waals surface area contributed by atoms with E-state index in [9.17, 15) is 14.7 Å². The van der Waals surface area contributed by atoms with Crippen molar-refractivity contribution in [2.45, 2.75) is 26.8 Å². The van der Waals surface area contributed by atoms with Crippen molar-refractivity contribution in [2.75, 3.05) is 13.2 Å². The van der Waals surface area contributed by atoms with E-state index in [0.717, 1.165) is 11.1 Å². The zero-order valence-corrected chi connectivity index (χ0v) is 24.3. The molecule has 7 nitrogen and oxygen atoms in total. The van der Waals surface area contributed by atoms with Crippen molar-refractivity contribution in [3.8, 4) is 11.5 Å². The Morgan fingerprint density at radius 1 is 1.17 bits per heavy atom. The highest BCUT2D eigenvalue weighted by atomic mass is 127. The van der Waals surface area contributed by atoms with Crippen LogP contribution in [0.5, 0.6) is 11.5 Å². The van der Waals surface area contributed by atoms with Crippen LogP contribution in [0.25, 0.3) is 6.08 Å². The lowest BCUT2D eigenvalue weighted by molar-refractivity contribution is -0.139. The van der Waals surface area contributed by atoms with Crippen molar-refractivity contribution < 1.29 is 19.4 Å². The SMILES string of the molecule is CCOC(=O)C1=C(C)N=c2s/c(=C\c3cc(I)c(O)c(I)c3)c(=O)n2[C@@H]1c1ccc(OCC)cc1. The number of hydrogen-bond donors (Lipinski definition) is 1. The van der Waals surface area contributed by atoms with Gasteiger partial charge in [-0.2, -0.15) is 0 Å². The molecule has 0 amide bonds. The minimum atomic E-state index is -0.678. The Morgan fingerprint density at radius 2 is 1.83 bits per heavy atom. The van der Waals surface area contributed by atoms with Crippen LogP contribution >= 0.6 is 56.5 Å². The zero-order valence-electron chi connectivity index (χ0n) is 19.2. The van der Waals surface area contributed by atoms with Crippen LogP contribution in [-0.4, -0.2) is 28.9 Å². The highest BCUT2D eigenvalue weighted by Gasteiger charge is 2.33. The van der Waals surface area contributed by atoms with Gasteiger partial charge in [0.15, 0.2) is 4.80 Å². The summed E-state index contributed by atoms with van der Waals surface area (Å²) in [6, 6.07) is 10.3. The van der Waals surface area contributed by atoms with E-state index >= 15 is 0 Å².